The summed E-state index contributed by atoms with van der Waals surface area (Å²) in [6, 6.07) is 0. The van der Waals surface area contributed by atoms with Crippen LogP contribution in [0.4, 0.5) is 0 Å². The van der Waals surface area contributed by atoms with Crippen molar-refractivity contribution in [3.63, 3.8) is 0 Å². The van der Waals surface area contributed by atoms with Crippen LogP contribution in [-0.4, -0.2) is 71.1 Å². The molecule has 0 spiro atoms. The largest absolute Gasteiger partial charge is 0.463 e. The third-order valence-electron chi connectivity index (χ3n) is 11.6. The Balaban J connectivity index is 4.43. The molecule has 0 saturated heterocycles. The lowest BCUT2D eigenvalue weighted by Crippen LogP contribution is -2.41. The number of allylic oxidation sites excluding steroid dienone is 4. The van der Waals surface area contributed by atoms with Crippen molar-refractivity contribution in [1.82, 2.24) is 4.90 Å². The first-order valence-corrected chi connectivity index (χ1v) is 25.2. The molecule has 0 rings (SSSR count). The molecule has 348 valence electrons. The fourth-order valence-electron chi connectivity index (χ4n) is 8.44. The number of rotatable bonds is 43. The van der Waals surface area contributed by atoms with Gasteiger partial charge in [0.05, 0.1) is 18.3 Å². The second-order valence-electron chi connectivity index (χ2n) is 18.7. The Morgan fingerprint density at radius 2 is 0.881 bits per heavy atom. The van der Waals surface area contributed by atoms with E-state index >= 15 is 0 Å². The molecule has 0 heterocycles. The van der Waals surface area contributed by atoms with E-state index in [9.17, 15) is 19.8 Å². The van der Waals surface area contributed by atoms with Crippen molar-refractivity contribution in [2.24, 2.45) is 5.41 Å². The Bertz CT molecular complexity index is 1010. The fourth-order valence-corrected chi connectivity index (χ4v) is 8.44. The molecule has 7 heteroatoms. The first kappa shape index (κ1) is 57.3. The van der Waals surface area contributed by atoms with Crippen LogP contribution in [0, 0.1) is 5.41 Å². The van der Waals surface area contributed by atoms with Crippen molar-refractivity contribution in [2.45, 2.75) is 272 Å². The average Bonchev–Trinajstić information content (AvgIpc) is 3.16. The number of carbonyl (C=O) groups is 2. The molecule has 59 heavy (non-hydrogen) atoms. The van der Waals surface area contributed by atoms with Gasteiger partial charge in [0.2, 0.25) is 0 Å². The monoisotopic (exact) mass is 834 g/mol. The van der Waals surface area contributed by atoms with Crippen molar-refractivity contribution in [3.8, 4) is 0 Å². The maximum Gasteiger partial charge on any atom is 0.306 e. The quantitative estimate of drug-likeness (QED) is 0.0359. The Kier molecular flexibility index (Phi) is 39.2. The molecule has 2 N–H and O–H groups in total. The van der Waals surface area contributed by atoms with Crippen LogP contribution in [0.25, 0.3) is 0 Å². The number of carbonyl (C=O) groups excluding carboxylic acids is 2. The summed E-state index contributed by atoms with van der Waals surface area (Å²) in [7, 11) is 0. The molecule has 0 aromatic rings. The van der Waals surface area contributed by atoms with Crippen LogP contribution in [0.3, 0.4) is 0 Å². The zero-order chi connectivity index (χ0) is 43.8. The predicted octanol–water partition coefficient (Wildman–Crippen LogP) is 14.2. The van der Waals surface area contributed by atoms with Crippen molar-refractivity contribution in [1.29, 1.82) is 0 Å². The van der Waals surface area contributed by atoms with E-state index < -0.39 is 12.2 Å². The van der Waals surface area contributed by atoms with Crippen LogP contribution in [0.15, 0.2) is 24.3 Å². The lowest BCUT2D eigenvalue weighted by Gasteiger charge is -2.36. The normalized spacial score (nSPS) is 15.2. The Hall–Kier alpha value is -1.70. The Labute approximate surface area is 366 Å². The van der Waals surface area contributed by atoms with Crippen LogP contribution in [0.2, 0.25) is 0 Å². The zero-order valence-corrected chi connectivity index (χ0v) is 40.1. The Morgan fingerprint density at radius 1 is 0.508 bits per heavy atom. The van der Waals surface area contributed by atoms with Crippen LogP contribution < -0.4 is 0 Å². The van der Waals surface area contributed by atoms with Gasteiger partial charge in [0, 0.05) is 25.9 Å². The van der Waals surface area contributed by atoms with E-state index in [2.05, 4.69) is 50.0 Å². The predicted molar refractivity (Wildman–Crippen MR) is 252 cm³/mol. The third kappa shape index (κ3) is 40.2. The third-order valence-corrected chi connectivity index (χ3v) is 11.6. The van der Waals surface area contributed by atoms with Gasteiger partial charge in [0.15, 0.2) is 0 Å². The topological polar surface area (TPSA) is 96.3 Å². The van der Waals surface area contributed by atoms with Crippen LogP contribution in [0.1, 0.15) is 248 Å². The van der Waals surface area contributed by atoms with Gasteiger partial charge in [-0.05, 0) is 123 Å². The van der Waals surface area contributed by atoms with E-state index in [4.69, 9.17) is 9.47 Å². The molecule has 7 nitrogen and oxygen atoms in total. The van der Waals surface area contributed by atoms with Crippen molar-refractivity contribution in [3.05, 3.63) is 24.3 Å². The van der Waals surface area contributed by atoms with Crippen molar-refractivity contribution >= 4 is 11.9 Å². The number of unbranched alkanes of at least 4 members (excludes halogenated alkanes) is 22. The highest BCUT2D eigenvalue weighted by molar-refractivity contribution is 5.69. The molecular weight excluding hydrogens is 735 g/mol. The van der Waals surface area contributed by atoms with Crippen LogP contribution in [-0.2, 0) is 19.1 Å². The summed E-state index contributed by atoms with van der Waals surface area (Å²) in [5, 5.41) is 20.7. The Morgan fingerprint density at radius 3 is 1.27 bits per heavy atom. The molecule has 0 amide bonds. The highest BCUT2D eigenvalue weighted by atomic mass is 16.5. The van der Waals surface area contributed by atoms with Gasteiger partial charge in [0.25, 0.3) is 0 Å². The van der Waals surface area contributed by atoms with Gasteiger partial charge in [-0.2, -0.15) is 0 Å². The van der Waals surface area contributed by atoms with Gasteiger partial charge in [-0.3, -0.25) is 14.5 Å². The maximum atomic E-state index is 12.7. The molecule has 0 radical (unpaired) electrons. The minimum atomic E-state index is -0.520. The standard InChI is InChI=1S/C52H99NO6/c1-8-10-12-14-16-18-20-22-24-26-28-30-32-34-36-38-50(56)58-48(5)43-52(7,42-46(3)54)40-41-53(44-47(4)55)45-49(6)59-51(57)39-37-35-33-31-29-27-25-23-21-19-17-15-13-11-9-2/h20,22-23,25,46-49,54-55H,8-19,21,24,26-45H2,1-7H3/b22-20+,25-23+. The van der Waals surface area contributed by atoms with E-state index in [0.717, 1.165) is 51.4 Å². The first-order chi connectivity index (χ1) is 28.4. The molecule has 5 atom stereocenters. The highest BCUT2D eigenvalue weighted by Crippen LogP contribution is 2.34. The van der Waals surface area contributed by atoms with E-state index in [0.29, 0.717) is 45.3 Å². The molecule has 5 unspecified atom stereocenters. The van der Waals surface area contributed by atoms with E-state index in [1.54, 1.807) is 6.92 Å². The zero-order valence-electron chi connectivity index (χ0n) is 40.1. The molecule has 0 aliphatic heterocycles. The first-order valence-electron chi connectivity index (χ1n) is 25.2. The van der Waals surface area contributed by atoms with Crippen LogP contribution in [0.5, 0.6) is 0 Å². The molecule has 0 aliphatic carbocycles. The summed E-state index contributed by atoms with van der Waals surface area (Å²) in [5.74, 6) is -0.284. The van der Waals surface area contributed by atoms with Gasteiger partial charge in [-0.1, -0.05) is 148 Å². The minimum Gasteiger partial charge on any atom is -0.463 e. The van der Waals surface area contributed by atoms with E-state index in [1.807, 2.05) is 20.8 Å². The van der Waals surface area contributed by atoms with E-state index in [1.165, 1.54) is 122 Å². The number of hydrogen-bond acceptors (Lipinski definition) is 7. The molecule has 0 saturated carbocycles. The highest BCUT2D eigenvalue weighted by Gasteiger charge is 2.31. The summed E-state index contributed by atoms with van der Waals surface area (Å²) in [5.41, 5.74) is -0.265. The van der Waals surface area contributed by atoms with E-state index in [-0.39, 0.29) is 29.6 Å². The van der Waals surface area contributed by atoms with Gasteiger partial charge >= 0.3 is 11.9 Å². The summed E-state index contributed by atoms with van der Waals surface area (Å²) >= 11 is 0. The number of nitrogens with zero attached hydrogens (tertiary/aromatic N) is 1. The lowest BCUT2D eigenvalue weighted by atomic mass is 9.76. The lowest BCUT2D eigenvalue weighted by molar-refractivity contribution is -0.151. The number of esters is 2. The smallest absolute Gasteiger partial charge is 0.306 e. The van der Waals surface area contributed by atoms with Gasteiger partial charge < -0.3 is 19.7 Å². The minimum absolute atomic E-state index is 0.134. The summed E-state index contributed by atoms with van der Waals surface area (Å²) in [4.78, 5) is 27.6. The van der Waals surface area contributed by atoms with Crippen molar-refractivity contribution < 1.29 is 29.3 Å². The second-order valence-corrected chi connectivity index (χ2v) is 18.7. The molecule has 0 aromatic heterocycles. The summed E-state index contributed by atoms with van der Waals surface area (Å²) in [6.07, 6.45) is 42.6. The number of aliphatic hydroxyl groups is 2. The molecule has 0 bridgehead atoms. The number of aliphatic hydroxyl groups excluding tert-OH is 2. The van der Waals surface area contributed by atoms with Gasteiger partial charge in [-0.25, -0.2) is 0 Å². The summed E-state index contributed by atoms with van der Waals surface area (Å²) < 4.78 is 11.7. The maximum absolute atomic E-state index is 12.7. The molecule has 0 aliphatic rings. The number of hydrogen-bond donors (Lipinski definition) is 2. The van der Waals surface area contributed by atoms with Crippen LogP contribution >= 0.6 is 0 Å². The summed E-state index contributed by atoms with van der Waals surface area (Å²) in [6.45, 7) is 15.9. The van der Waals surface area contributed by atoms with Crippen molar-refractivity contribution in [2.75, 3.05) is 19.6 Å². The molecule has 0 aromatic carbocycles. The van der Waals surface area contributed by atoms with Gasteiger partial charge in [-0.15, -0.1) is 0 Å². The molecular formula is C52H99NO6. The van der Waals surface area contributed by atoms with Gasteiger partial charge in [0.1, 0.15) is 6.10 Å². The second kappa shape index (κ2) is 40.4. The molecule has 0 fully saturated rings. The SMILES string of the molecule is CCCCCCC/C=C/CCCCCCCCC(=O)OC(C)CC(C)(CCN(CC(C)O)CC(C)OC(=O)CCCCCCC/C=C/CCCCCCCC)CC(C)O. The number of ether oxygens (including phenoxy) is 2. The average molecular weight is 834 g/mol. The fraction of sp³-hybridized carbons (Fsp3) is 0.885.